The van der Waals surface area contributed by atoms with Gasteiger partial charge >= 0.3 is 6.18 Å². The summed E-state index contributed by atoms with van der Waals surface area (Å²) in [5.41, 5.74) is -0.367. The maximum Gasteiger partial charge on any atom is 0.417 e. The minimum Gasteiger partial charge on any atom is -0.241 e. The number of rotatable bonds is 1. The van der Waals surface area contributed by atoms with Crippen molar-refractivity contribution in [1.29, 1.82) is 5.26 Å². The molecular weight excluding hydrogens is 243 g/mol. The van der Waals surface area contributed by atoms with E-state index in [0.29, 0.717) is 5.69 Å². The van der Waals surface area contributed by atoms with Crippen molar-refractivity contribution in [3.63, 3.8) is 0 Å². The van der Waals surface area contributed by atoms with Gasteiger partial charge in [-0.1, -0.05) is 0 Å². The van der Waals surface area contributed by atoms with Crippen molar-refractivity contribution < 1.29 is 13.2 Å². The summed E-state index contributed by atoms with van der Waals surface area (Å²) in [7, 11) is 0. The quantitative estimate of drug-likeness (QED) is 0.781. The summed E-state index contributed by atoms with van der Waals surface area (Å²) < 4.78 is 39.6. The summed E-state index contributed by atoms with van der Waals surface area (Å²) in [6, 6.07) is 6.72. The minimum atomic E-state index is -4.55. The Balaban J connectivity index is 2.57. The fourth-order valence-corrected chi connectivity index (χ4v) is 1.57. The van der Waals surface area contributed by atoms with Crippen LogP contribution in [-0.2, 0) is 6.18 Å². The number of halogens is 3. The van der Waals surface area contributed by atoms with Gasteiger partial charge in [0.1, 0.15) is 0 Å². The number of benzene rings is 1. The van der Waals surface area contributed by atoms with E-state index >= 15 is 0 Å². The number of aryl methyl sites for hydroxylation is 1. The van der Waals surface area contributed by atoms with Crippen molar-refractivity contribution in [3.05, 3.63) is 47.3 Å². The molecular formula is C12H8F3N3. The van der Waals surface area contributed by atoms with E-state index in [1.54, 1.807) is 19.2 Å². The molecule has 0 saturated carbocycles. The van der Waals surface area contributed by atoms with Gasteiger partial charge in [-0.3, -0.25) is 0 Å². The van der Waals surface area contributed by atoms with Crippen LogP contribution in [0.4, 0.5) is 13.2 Å². The second-order valence-corrected chi connectivity index (χ2v) is 3.74. The highest BCUT2D eigenvalue weighted by Crippen LogP contribution is 2.33. The van der Waals surface area contributed by atoms with Crippen LogP contribution in [0.5, 0.6) is 0 Å². The first-order valence-corrected chi connectivity index (χ1v) is 5.06. The predicted octanol–water partition coefficient (Wildman–Crippen LogP) is 3.07. The van der Waals surface area contributed by atoms with Gasteiger partial charge in [0.2, 0.25) is 0 Å². The molecule has 92 valence electrons. The van der Waals surface area contributed by atoms with E-state index in [2.05, 4.69) is 5.10 Å². The van der Waals surface area contributed by atoms with Crippen molar-refractivity contribution in [1.82, 2.24) is 9.78 Å². The van der Waals surface area contributed by atoms with Crippen LogP contribution in [0.15, 0.2) is 30.5 Å². The monoisotopic (exact) mass is 251 g/mol. The van der Waals surface area contributed by atoms with Gasteiger partial charge in [-0.2, -0.15) is 23.5 Å². The van der Waals surface area contributed by atoms with Gasteiger partial charge in [0.05, 0.1) is 28.6 Å². The average molecular weight is 251 g/mol. The molecule has 18 heavy (non-hydrogen) atoms. The standard InChI is InChI=1S/C12H8F3N3/c1-8-4-5-18(17-8)10-3-2-9(7-16)11(6-10)12(13,14)15/h2-6H,1H3. The van der Waals surface area contributed by atoms with Crippen LogP contribution in [0, 0.1) is 18.3 Å². The molecule has 2 rings (SSSR count). The van der Waals surface area contributed by atoms with Gasteiger partial charge in [-0.25, -0.2) is 4.68 Å². The number of alkyl halides is 3. The lowest BCUT2D eigenvalue weighted by atomic mass is 10.1. The third kappa shape index (κ3) is 2.20. The normalized spacial score (nSPS) is 11.3. The molecule has 6 heteroatoms. The Labute approximate surface area is 101 Å². The molecule has 3 nitrogen and oxygen atoms in total. The molecule has 1 heterocycles. The van der Waals surface area contributed by atoms with Gasteiger partial charge in [-0.15, -0.1) is 0 Å². The molecule has 2 aromatic rings. The van der Waals surface area contributed by atoms with E-state index < -0.39 is 17.3 Å². The molecule has 0 aliphatic rings. The first-order valence-electron chi connectivity index (χ1n) is 5.06. The van der Waals surface area contributed by atoms with E-state index in [4.69, 9.17) is 5.26 Å². The lowest BCUT2D eigenvalue weighted by Gasteiger charge is -2.10. The van der Waals surface area contributed by atoms with Crippen LogP contribution in [0.25, 0.3) is 5.69 Å². The third-order valence-corrected chi connectivity index (χ3v) is 2.42. The van der Waals surface area contributed by atoms with Crippen molar-refractivity contribution in [3.8, 4) is 11.8 Å². The van der Waals surface area contributed by atoms with Crippen LogP contribution in [0.1, 0.15) is 16.8 Å². The average Bonchev–Trinajstić information content (AvgIpc) is 2.74. The Morgan fingerprint density at radius 2 is 2.00 bits per heavy atom. The molecule has 0 radical (unpaired) electrons. The van der Waals surface area contributed by atoms with Gasteiger partial charge < -0.3 is 0 Å². The lowest BCUT2D eigenvalue weighted by molar-refractivity contribution is -0.137. The number of aromatic nitrogens is 2. The molecule has 0 atom stereocenters. The molecule has 0 N–H and O–H groups in total. The van der Waals surface area contributed by atoms with E-state index in [1.165, 1.54) is 16.8 Å². The molecule has 0 bridgehead atoms. The SMILES string of the molecule is Cc1ccn(-c2ccc(C#N)c(C(F)(F)F)c2)n1. The molecule has 0 aliphatic carbocycles. The molecule has 0 saturated heterocycles. The van der Waals surface area contributed by atoms with E-state index in [-0.39, 0.29) is 5.69 Å². The molecule has 1 aromatic heterocycles. The van der Waals surface area contributed by atoms with E-state index in [0.717, 1.165) is 12.1 Å². The summed E-state index contributed by atoms with van der Waals surface area (Å²) >= 11 is 0. The zero-order valence-electron chi connectivity index (χ0n) is 9.36. The summed E-state index contributed by atoms with van der Waals surface area (Å²) in [6.07, 6.45) is -2.99. The van der Waals surface area contributed by atoms with Crippen molar-refractivity contribution in [2.24, 2.45) is 0 Å². The molecule has 1 aromatic carbocycles. The zero-order chi connectivity index (χ0) is 13.3. The third-order valence-electron chi connectivity index (χ3n) is 2.42. The number of hydrogen-bond acceptors (Lipinski definition) is 2. The molecule has 0 amide bonds. The first-order chi connectivity index (χ1) is 8.41. The Morgan fingerprint density at radius 3 is 2.50 bits per heavy atom. The second-order valence-electron chi connectivity index (χ2n) is 3.74. The van der Waals surface area contributed by atoms with Crippen LogP contribution in [0.3, 0.4) is 0 Å². The molecule has 0 aliphatic heterocycles. The lowest BCUT2D eigenvalue weighted by Crippen LogP contribution is -2.09. The first kappa shape index (κ1) is 12.2. The fourth-order valence-electron chi connectivity index (χ4n) is 1.57. The van der Waals surface area contributed by atoms with Crippen molar-refractivity contribution in [2.75, 3.05) is 0 Å². The topological polar surface area (TPSA) is 41.6 Å². The Hall–Kier alpha value is -2.29. The maximum absolute atomic E-state index is 12.8. The predicted molar refractivity (Wildman–Crippen MR) is 58.0 cm³/mol. The highest BCUT2D eigenvalue weighted by atomic mass is 19.4. The molecule has 0 fully saturated rings. The van der Waals surface area contributed by atoms with Gasteiger partial charge in [0.25, 0.3) is 0 Å². The highest BCUT2D eigenvalue weighted by Gasteiger charge is 2.34. The van der Waals surface area contributed by atoms with Crippen LogP contribution in [-0.4, -0.2) is 9.78 Å². The maximum atomic E-state index is 12.8. The van der Waals surface area contributed by atoms with Crippen LogP contribution >= 0.6 is 0 Å². The van der Waals surface area contributed by atoms with Crippen molar-refractivity contribution in [2.45, 2.75) is 13.1 Å². The van der Waals surface area contributed by atoms with E-state index in [1.807, 2.05) is 0 Å². The van der Waals surface area contributed by atoms with Crippen LogP contribution < -0.4 is 0 Å². The van der Waals surface area contributed by atoms with Gasteiger partial charge in [-0.05, 0) is 31.2 Å². The smallest absolute Gasteiger partial charge is 0.241 e. The summed E-state index contributed by atoms with van der Waals surface area (Å²) in [4.78, 5) is 0. The number of nitriles is 1. The Morgan fingerprint density at radius 1 is 1.28 bits per heavy atom. The second kappa shape index (κ2) is 4.18. The van der Waals surface area contributed by atoms with Crippen molar-refractivity contribution >= 4 is 0 Å². The van der Waals surface area contributed by atoms with Crippen LogP contribution in [0.2, 0.25) is 0 Å². The molecule has 0 spiro atoms. The minimum absolute atomic E-state index is 0.273. The summed E-state index contributed by atoms with van der Waals surface area (Å²) in [5, 5.41) is 12.7. The number of nitrogens with zero attached hydrogens (tertiary/aromatic N) is 3. The molecule has 0 unspecified atom stereocenters. The summed E-state index contributed by atoms with van der Waals surface area (Å²) in [5.74, 6) is 0. The van der Waals surface area contributed by atoms with Gasteiger partial charge in [0, 0.05) is 6.20 Å². The largest absolute Gasteiger partial charge is 0.417 e. The Bertz CT molecular complexity index is 620. The zero-order valence-corrected chi connectivity index (χ0v) is 9.36. The fraction of sp³-hybridized carbons (Fsp3) is 0.167. The Kier molecular flexibility index (Phi) is 2.83. The van der Waals surface area contributed by atoms with Gasteiger partial charge in [0.15, 0.2) is 0 Å². The number of hydrogen-bond donors (Lipinski definition) is 0. The van der Waals surface area contributed by atoms with E-state index in [9.17, 15) is 13.2 Å². The summed E-state index contributed by atoms with van der Waals surface area (Å²) in [6.45, 7) is 1.74. The highest BCUT2D eigenvalue weighted by molar-refractivity contribution is 5.47.